The van der Waals surface area contributed by atoms with Crippen molar-refractivity contribution < 1.29 is 0 Å². The van der Waals surface area contributed by atoms with E-state index in [1.54, 1.807) is 0 Å². The Hall–Kier alpha value is -6.96. The van der Waals surface area contributed by atoms with E-state index >= 15 is 0 Å². The van der Waals surface area contributed by atoms with E-state index in [1.165, 1.54) is 105 Å². The summed E-state index contributed by atoms with van der Waals surface area (Å²) >= 11 is 0. The molecule has 12 rings (SSSR count). The molecule has 1 spiro atoms. The highest BCUT2D eigenvalue weighted by atomic mass is 15.0. The van der Waals surface area contributed by atoms with Crippen LogP contribution >= 0.6 is 0 Å². The monoisotopic (exact) mass is 683 g/mol. The quantitative estimate of drug-likeness (QED) is 0.175. The van der Waals surface area contributed by atoms with Gasteiger partial charge >= 0.3 is 0 Å². The Kier molecular flexibility index (Phi) is 6.04. The van der Waals surface area contributed by atoms with Crippen LogP contribution in [0.1, 0.15) is 22.3 Å². The minimum absolute atomic E-state index is 0.429. The third kappa shape index (κ3) is 3.88. The molecule has 0 fully saturated rings. The van der Waals surface area contributed by atoms with Gasteiger partial charge in [-0.3, -0.25) is 0 Å². The van der Waals surface area contributed by atoms with Crippen LogP contribution in [0, 0.1) is 0 Å². The topological polar surface area (TPSA) is 4.93 Å². The first-order valence-electron chi connectivity index (χ1n) is 18.8. The highest BCUT2D eigenvalue weighted by molar-refractivity contribution is 6.11. The van der Waals surface area contributed by atoms with Crippen LogP contribution in [0.25, 0.3) is 82.8 Å². The summed E-state index contributed by atoms with van der Waals surface area (Å²) in [6.07, 6.45) is 0. The lowest BCUT2D eigenvalue weighted by Crippen LogP contribution is -2.26. The van der Waals surface area contributed by atoms with E-state index in [1.807, 2.05) is 0 Å². The molecule has 0 amide bonds. The van der Waals surface area contributed by atoms with Gasteiger partial charge in [-0.15, -0.1) is 0 Å². The van der Waals surface area contributed by atoms with Gasteiger partial charge in [0.05, 0.1) is 16.4 Å². The summed E-state index contributed by atoms with van der Waals surface area (Å²) in [6, 6.07) is 74.5. The van der Waals surface area contributed by atoms with Gasteiger partial charge in [0.25, 0.3) is 0 Å². The Bertz CT molecular complexity index is 3100. The van der Waals surface area contributed by atoms with Gasteiger partial charge in [0.1, 0.15) is 0 Å². The molecular formula is C53H33N. The number of aromatic nitrogens is 1. The molecule has 1 heteroatoms. The molecule has 2 aliphatic carbocycles. The summed E-state index contributed by atoms with van der Waals surface area (Å²) in [5.74, 6) is 0. The van der Waals surface area contributed by atoms with E-state index in [4.69, 9.17) is 0 Å². The van der Waals surface area contributed by atoms with Crippen LogP contribution in [-0.2, 0) is 5.41 Å². The normalized spacial score (nSPS) is 13.3. The lowest BCUT2D eigenvalue weighted by molar-refractivity contribution is 0.801. The van der Waals surface area contributed by atoms with Gasteiger partial charge in [-0.1, -0.05) is 158 Å². The van der Waals surface area contributed by atoms with E-state index in [9.17, 15) is 0 Å². The Morgan fingerprint density at radius 2 is 0.889 bits per heavy atom. The van der Waals surface area contributed by atoms with Crippen molar-refractivity contribution in [1.29, 1.82) is 0 Å². The molecular weight excluding hydrogens is 651 g/mol. The zero-order valence-corrected chi connectivity index (χ0v) is 29.5. The van der Waals surface area contributed by atoms with E-state index in [0.717, 1.165) is 0 Å². The molecule has 0 saturated carbocycles. The van der Waals surface area contributed by atoms with Crippen LogP contribution in [0.5, 0.6) is 0 Å². The molecule has 0 unspecified atom stereocenters. The second-order valence-electron chi connectivity index (χ2n) is 14.8. The van der Waals surface area contributed by atoms with Crippen LogP contribution in [0.2, 0.25) is 0 Å². The zero-order valence-electron chi connectivity index (χ0n) is 29.5. The number of para-hydroxylation sites is 2. The highest BCUT2D eigenvalue weighted by Gasteiger charge is 2.52. The summed E-state index contributed by atoms with van der Waals surface area (Å²) in [5.41, 5.74) is 18.9. The van der Waals surface area contributed by atoms with Gasteiger partial charge in [0.15, 0.2) is 0 Å². The van der Waals surface area contributed by atoms with Gasteiger partial charge in [-0.25, -0.2) is 0 Å². The van der Waals surface area contributed by atoms with Gasteiger partial charge < -0.3 is 4.57 Å². The number of rotatable bonds is 3. The predicted molar refractivity (Wildman–Crippen MR) is 225 cm³/mol. The van der Waals surface area contributed by atoms with Crippen molar-refractivity contribution in [2.45, 2.75) is 5.41 Å². The number of fused-ring (bicyclic) bond motifs is 15. The van der Waals surface area contributed by atoms with Gasteiger partial charge in [0, 0.05) is 16.5 Å². The average molecular weight is 684 g/mol. The first kappa shape index (κ1) is 29.6. The van der Waals surface area contributed by atoms with Gasteiger partial charge in [0.2, 0.25) is 0 Å². The fraction of sp³-hybridized carbons (Fsp3) is 0.0189. The van der Waals surface area contributed by atoms with Crippen LogP contribution in [0.4, 0.5) is 0 Å². The fourth-order valence-corrected chi connectivity index (χ4v) is 9.97. The Labute approximate surface area is 314 Å². The van der Waals surface area contributed by atoms with Crippen molar-refractivity contribution in [3.8, 4) is 50.2 Å². The first-order valence-corrected chi connectivity index (χ1v) is 18.8. The van der Waals surface area contributed by atoms with E-state index in [2.05, 4.69) is 205 Å². The molecule has 250 valence electrons. The van der Waals surface area contributed by atoms with Gasteiger partial charge in [-0.05, 0) is 120 Å². The lowest BCUT2D eigenvalue weighted by atomic mass is 9.69. The van der Waals surface area contributed by atoms with Crippen molar-refractivity contribution in [3.63, 3.8) is 0 Å². The molecule has 0 atom stereocenters. The summed E-state index contributed by atoms with van der Waals surface area (Å²) < 4.78 is 2.38. The molecule has 0 N–H and O–H groups in total. The Morgan fingerprint density at radius 3 is 1.69 bits per heavy atom. The van der Waals surface area contributed by atoms with Crippen molar-refractivity contribution in [2.24, 2.45) is 0 Å². The predicted octanol–water partition coefficient (Wildman–Crippen LogP) is 13.6. The third-order valence-corrected chi connectivity index (χ3v) is 12.2. The number of hydrogen-bond acceptors (Lipinski definition) is 0. The second kappa shape index (κ2) is 11.0. The SMILES string of the molecule is c1ccc(-c2ccc3c(c2)C2(c4ccccc4-c4ccccc42)c2c-3ccc3cc(-c4ccc5c(c4)c4ccccc4n5-c4ccccc4)ccc23)cc1. The largest absolute Gasteiger partial charge is 0.309 e. The van der Waals surface area contributed by atoms with E-state index in [0.29, 0.717) is 0 Å². The molecule has 9 aromatic carbocycles. The number of benzene rings is 9. The maximum atomic E-state index is 2.48. The highest BCUT2D eigenvalue weighted by Crippen LogP contribution is 2.64. The van der Waals surface area contributed by atoms with Crippen LogP contribution in [-0.4, -0.2) is 4.57 Å². The molecule has 2 aliphatic rings. The summed E-state index contributed by atoms with van der Waals surface area (Å²) in [4.78, 5) is 0. The Morgan fingerprint density at radius 1 is 0.315 bits per heavy atom. The molecule has 1 aromatic heterocycles. The first-order chi connectivity index (χ1) is 26.8. The van der Waals surface area contributed by atoms with Crippen LogP contribution < -0.4 is 0 Å². The van der Waals surface area contributed by atoms with Crippen molar-refractivity contribution in [3.05, 3.63) is 222 Å². The molecule has 0 bridgehead atoms. The second-order valence-corrected chi connectivity index (χ2v) is 14.8. The average Bonchev–Trinajstić information content (AvgIpc) is 3.85. The maximum Gasteiger partial charge on any atom is 0.0731 e. The minimum atomic E-state index is -0.429. The van der Waals surface area contributed by atoms with Crippen LogP contribution in [0.3, 0.4) is 0 Å². The molecule has 1 heterocycles. The lowest BCUT2D eigenvalue weighted by Gasteiger charge is -2.31. The molecule has 0 radical (unpaired) electrons. The van der Waals surface area contributed by atoms with E-state index in [-0.39, 0.29) is 0 Å². The fourth-order valence-electron chi connectivity index (χ4n) is 9.97. The van der Waals surface area contributed by atoms with Crippen molar-refractivity contribution >= 4 is 32.6 Å². The third-order valence-electron chi connectivity index (χ3n) is 12.2. The molecule has 1 nitrogen and oxygen atoms in total. The molecule has 0 aliphatic heterocycles. The summed E-state index contributed by atoms with van der Waals surface area (Å²) in [5, 5.41) is 5.10. The summed E-state index contributed by atoms with van der Waals surface area (Å²) in [7, 11) is 0. The minimum Gasteiger partial charge on any atom is -0.309 e. The summed E-state index contributed by atoms with van der Waals surface area (Å²) in [6.45, 7) is 0. The van der Waals surface area contributed by atoms with Gasteiger partial charge in [-0.2, -0.15) is 0 Å². The smallest absolute Gasteiger partial charge is 0.0731 e. The van der Waals surface area contributed by atoms with Crippen molar-refractivity contribution in [2.75, 3.05) is 0 Å². The Balaban J connectivity index is 1.09. The zero-order chi connectivity index (χ0) is 35.4. The van der Waals surface area contributed by atoms with Crippen LogP contribution in [0.15, 0.2) is 200 Å². The maximum absolute atomic E-state index is 2.48. The molecule has 54 heavy (non-hydrogen) atoms. The number of hydrogen-bond donors (Lipinski definition) is 0. The van der Waals surface area contributed by atoms with E-state index < -0.39 is 5.41 Å². The van der Waals surface area contributed by atoms with Crippen molar-refractivity contribution in [1.82, 2.24) is 4.57 Å². The standard InChI is InChI=1S/C53H33N/c1-3-13-34(14-4-1)37-24-28-43-45-29-25-38-31-35(36-26-30-51-46(32-36)44-19-9-12-22-50(44)54(51)39-15-5-2-6-16-39)23-27-40(38)52(45)53(49(43)33-37)47-20-10-7-17-41(47)42-18-8-11-21-48(42)53/h1-33H. The molecule has 0 saturated heterocycles. The molecule has 10 aromatic rings. The number of nitrogens with zero attached hydrogens (tertiary/aromatic N) is 1.